The van der Waals surface area contributed by atoms with E-state index in [0.29, 0.717) is 37.2 Å². The molecule has 2 aromatic rings. The first-order chi connectivity index (χ1) is 17.9. The highest BCUT2D eigenvalue weighted by atomic mass is 16.5. The number of aliphatic hydroxyl groups is 1. The summed E-state index contributed by atoms with van der Waals surface area (Å²) in [6.07, 6.45) is 4.40. The van der Waals surface area contributed by atoms with E-state index in [1.807, 2.05) is 25.9 Å². The Morgan fingerprint density at radius 2 is 1.97 bits per heavy atom. The fourth-order valence-electron chi connectivity index (χ4n) is 5.65. The van der Waals surface area contributed by atoms with Crippen LogP contribution in [-0.4, -0.2) is 100 Å². The van der Waals surface area contributed by atoms with Gasteiger partial charge in [-0.25, -0.2) is 0 Å². The summed E-state index contributed by atoms with van der Waals surface area (Å²) in [6, 6.07) is 10.9. The van der Waals surface area contributed by atoms with Crippen LogP contribution in [0.15, 0.2) is 30.3 Å². The second-order valence-corrected chi connectivity index (χ2v) is 11.0. The van der Waals surface area contributed by atoms with Crippen LogP contribution in [0.4, 0.5) is 5.82 Å². The smallest absolute Gasteiger partial charge is 0.319 e. The Kier molecular flexibility index (Phi) is 7.92. The molecule has 9 nitrogen and oxygen atoms in total. The number of anilines is 1. The van der Waals surface area contributed by atoms with Crippen LogP contribution in [0.3, 0.4) is 0 Å². The fraction of sp³-hybridized carbons (Fsp3) is 0.607. The minimum absolute atomic E-state index is 0.0458. The summed E-state index contributed by atoms with van der Waals surface area (Å²) in [7, 11) is 3.98. The number of likely N-dealkylation sites (N-methyl/N-ethyl adjacent to an activating group) is 1. The van der Waals surface area contributed by atoms with Crippen molar-refractivity contribution in [1.29, 1.82) is 0 Å². The highest BCUT2D eigenvalue weighted by Crippen LogP contribution is 2.27. The number of rotatable bonds is 8. The first-order valence-corrected chi connectivity index (χ1v) is 13.6. The monoisotopic (exact) mass is 508 g/mol. The van der Waals surface area contributed by atoms with E-state index in [2.05, 4.69) is 44.5 Å². The molecule has 1 aromatic heterocycles. The van der Waals surface area contributed by atoms with Gasteiger partial charge >= 0.3 is 6.01 Å². The maximum absolute atomic E-state index is 13.5. The van der Waals surface area contributed by atoms with Crippen molar-refractivity contribution in [2.75, 3.05) is 45.6 Å². The van der Waals surface area contributed by atoms with Crippen molar-refractivity contribution in [2.24, 2.45) is 0 Å². The molecule has 1 aromatic carbocycles. The van der Waals surface area contributed by atoms with Crippen molar-refractivity contribution in [3.63, 3.8) is 0 Å². The van der Waals surface area contributed by atoms with Gasteiger partial charge < -0.3 is 25.0 Å². The minimum atomic E-state index is -0.604. The number of carbonyl (C=O) groups is 1. The van der Waals surface area contributed by atoms with Gasteiger partial charge in [0.1, 0.15) is 17.6 Å². The zero-order valence-electron chi connectivity index (χ0n) is 22.3. The van der Waals surface area contributed by atoms with E-state index in [1.54, 1.807) is 11.0 Å². The first kappa shape index (κ1) is 25.9. The zero-order valence-corrected chi connectivity index (χ0v) is 22.3. The van der Waals surface area contributed by atoms with Crippen LogP contribution in [0.1, 0.15) is 54.2 Å². The van der Waals surface area contributed by atoms with Crippen LogP contribution in [-0.2, 0) is 13.0 Å². The summed E-state index contributed by atoms with van der Waals surface area (Å²) >= 11 is 0. The molecule has 1 saturated heterocycles. The molecule has 5 rings (SSSR count). The lowest BCUT2D eigenvalue weighted by Crippen LogP contribution is -2.56. The average molecular weight is 509 g/mol. The molecule has 0 bridgehead atoms. The number of aromatic nitrogens is 2. The van der Waals surface area contributed by atoms with Crippen molar-refractivity contribution in [3.8, 4) is 6.01 Å². The summed E-state index contributed by atoms with van der Waals surface area (Å²) in [5.74, 6) is 0.434. The Hall–Kier alpha value is -2.75. The summed E-state index contributed by atoms with van der Waals surface area (Å²) in [5.41, 5.74) is 3.04. The van der Waals surface area contributed by atoms with Gasteiger partial charge in [0.2, 0.25) is 0 Å². The number of hydrogen-bond donors (Lipinski definition) is 2. The van der Waals surface area contributed by atoms with Crippen LogP contribution < -0.4 is 10.1 Å². The molecule has 9 heteroatoms. The number of aliphatic hydroxyl groups excluding tert-OH is 1. The quantitative estimate of drug-likeness (QED) is 0.562. The number of nitrogens with one attached hydrogen (secondary N) is 1. The molecule has 1 saturated carbocycles. The van der Waals surface area contributed by atoms with Crippen molar-refractivity contribution >= 4 is 11.7 Å². The van der Waals surface area contributed by atoms with Crippen molar-refractivity contribution in [2.45, 2.75) is 69.9 Å². The second kappa shape index (κ2) is 11.3. The molecule has 1 unspecified atom stereocenters. The number of hydrogen-bond acceptors (Lipinski definition) is 8. The van der Waals surface area contributed by atoms with Gasteiger partial charge in [0.15, 0.2) is 0 Å². The van der Waals surface area contributed by atoms with Gasteiger partial charge in [0.25, 0.3) is 5.91 Å². The minimum Gasteiger partial charge on any atom is -0.459 e. The third-order valence-electron chi connectivity index (χ3n) is 7.77. The molecule has 37 heavy (non-hydrogen) atoms. The summed E-state index contributed by atoms with van der Waals surface area (Å²) in [4.78, 5) is 28.7. The van der Waals surface area contributed by atoms with E-state index in [-0.39, 0.29) is 24.1 Å². The van der Waals surface area contributed by atoms with E-state index in [0.717, 1.165) is 38.8 Å². The molecule has 0 spiro atoms. The highest BCUT2D eigenvalue weighted by Gasteiger charge is 2.36. The molecular weight excluding hydrogens is 468 g/mol. The number of ether oxygens (including phenoxy) is 1. The lowest BCUT2D eigenvalue weighted by atomic mass is 9.93. The predicted octanol–water partition coefficient (Wildman–Crippen LogP) is 2.40. The molecule has 0 radical (unpaired) electrons. The van der Waals surface area contributed by atoms with Crippen LogP contribution in [0.25, 0.3) is 0 Å². The normalized spacial score (nSPS) is 23.3. The third kappa shape index (κ3) is 6.22. The molecule has 2 aliphatic heterocycles. The highest BCUT2D eigenvalue weighted by molar-refractivity contribution is 5.93. The number of amides is 1. The number of benzene rings is 1. The zero-order chi connectivity index (χ0) is 25.9. The lowest BCUT2D eigenvalue weighted by molar-refractivity contribution is -0.0139. The van der Waals surface area contributed by atoms with Crippen LogP contribution >= 0.6 is 0 Å². The summed E-state index contributed by atoms with van der Waals surface area (Å²) in [5, 5.41) is 14.5. The average Bonchev–Trinajstić information content (AvgIpc) is 2.85. The van der Waals surface area contributed by atoms with E-state index < -0.39 is 6.10 Å². The Bertz CT molecular complexity index is 1090. The number of carbonyl (C=O) groups excluding carboxylic acids is 1. The number of fused-ring (bicyclic) bond motifs is 1. The van der Waals surface area contributed by atoms with Gasteiger partial charge in [0, 0.05) is 50.9 Å². The van der Waals surface area contributed by atoms with Gasteiger partial charge in [-0.3, -0.25) is 9.69 Å². The largest absolute Gasteiger partial charge is 0.459 e. The lowest BCUT2D eigenvalue weighted by Gasteiger charge is -2.43. The SMILES string of the molecule is CC(CN(C)C)Oc1nc(NC2CCC2)cc(C(=O)N2CC[C@@H](N3CCc4ccccc4C3)[C@H](O)C2)n1. The molecular formula is C28H40N6O3. The molecule has 1 amide bonds. The number of likely N-dealkylation sites (tertiary alicyclic amines) is 1. The molecule has 3 heterocycles. The molecule has 200 valence electrons. The Morgan fingerprint density at radius 1 is 1.19 bits per heavy atom. The summed E-state index contributed by atoms with van der Waals surface area (Å²) in [6.45, 7) is 5.34. The maximum Gasteiger partial charge on any atom is 0.319 e. The standard InChI is InChI=1S/C28H40N6O3/c1-19(16-32(2)3)37-28-30-23(15-26(31-28)29-22-9-6-10-22)27(36)34-14-12-24(25(35)18-34)33-13-11-20-7-4-5-8-21(20)17-33/h4-5,7-8,15,19,22,24-25,35H,6,9-14,16-18H2,1-3H3,(H,29,30,31)/t19?,24-,25-/m1/s1. The topological polar surface area (TPSA) is 94.1 Å². The Balaban J connectivity index is 1.27. The van der Waals surface area contributed by atoms with Crippen molar-refractivity contribution < 1.29 is 14.6 Å². The van der Waals surface area contributed by atoms with Gasteiger partial charge in [-0.1, -0.05) is 24.3 Å². The number of nitrogens with zero attached hydrogens (tertiary/aromatic N) is 5. The third-order valence-corrected chi connectivity index (χ3v) is 7.77. The van der Waals surface area contributed by atoms with E-state index in [4.69, 9.17) is 4.74 Å². The van der Waals surface area contributed by atoms with Crippen LogP contribution in [0.5, 0.6) is 6.01 Å². The Labute approximate surface area is 219 Å². The second-order valence-electron chi connectivity index (χ2n) is 11.0. The van der Waals surface area contributed by atoms with Gasteiger partial charge in [0.05, 0.1) is 6.10 Å². The molecule has 2 N–H and O–H groups in total. The maximum atomic E-state index is 13.5. The van der Waals surface area contributed by atoms with Gasteiger partial charge in [-0.05, 0) is 64.3 Å². The molecule has 1 aliphatic carbocycles. The fourth-order valence-corrected chi connectivity index (χ4v) is 5.65. The molecule has 3 aliphatic rings. The number of piperidine rings is 1. The van der Waals surface area contributed by atoms with Gasteiger partial charge in [-0.15, -0.1) is 0 Å². The van der Waals surface area contributed by atoms with Crippen LogP contribution in [0.2, 0.25) is 0 Å². The molecule has 3 atom stereocenters. The van der Waals surface area contributed by atoms with Crippen molar-refractivity contribution in [1.82, 2.24) is 24.7 Å². The first-order valence-electron chi connectivity index (χ1n) is 13.6. The van der Waals surface area contributed by atoms with E-state index in [1.165, 1.54) is 17.5 Å². The van der Waals surface area contributed by atoms with Crippen molar-refractivity contribution in [3.05, 3.63) is 47.2 Å². The van der Waals surface area contributed by atoms with E-state index in [9.17, 15) is 9.90 Å². The van der Waals surface area contributed by atoms with Crippen LogP contribution in [0, 0.1) is 0 Å². The van der Waals surface area contributed by atoms with Gasteiger partial charge in [-0.2, -0.15) is 9.97 Å². The predicted molar refractivity (Wildman–Crippen MR) is 143 cm³/mol. The van der Waals surface area contributed by atoms with E-state index >= 15 is 0 Å². The Morgan fingerprint density at radius 3 is 2.68 bits per heavy atom. The number of β-amino-alcohol motifs (C(OH)–C–C–N with tert-alkyl or cyclic N) is 1. The molecule has 2 fully saturated rings. The summed E-state index contributed by atoms with van der Waals surface area (Å²) < 4.78 is 5.99.